The molecule has 0 saturated heterocycles. The first kappa shape index (κ1) is 17.0. The Balaban J connectivity index is 2.89. The molecular formula is C16H24N2O3. The zero-order chi connectivity index (χ0) is 16.2. The van der Waals surface area contributed by atoms with Gasteiger partial charge < -0.3 is 10.4 Å². The molecule has 0 saturated carbocycles. The standard InChI is InChI=1S/C16H24N2O3/c1-6-11(3)14(15(19)20)17-16(21)18(5)13-8-7-10(2)9-12(13)4/h7-9,11,14H,6H2,1-5H3,(H,17,21)(H,19,20). The van der Waals surface area contributed by atoms with Crippen LogP contribution in [0.3, 0.4) is 0 Å². The molecule has 1 aromatic rings. The topological polar surface area (TPSA) is 69.6 Å². The molecule has 0 aliphatic heterocycles. The summed E-state index contributed by atoms with van der Waals surface area (Å²) in [5, 5.41) is 11.8. The lowest BCUT2D eigenvalue weighted by atomic mass is 9.99. The minimum absolute atomic E-state index is 0.126. The van der Waals surface area contributed by atoms with Crippen LogP contribution in [0.2, 0.25) is 0 Å². The Morgan fingerprint density at radius 1 is 1.33 bits per heavy atom. The van der Waals surface area contributed by atoms with Crippen molar-refractivity contribution >= 4 is 17.7 Å². The number of benzene rings is 1. The summed E-state index contributed by atoms with van der Waals surface area (Å²) in [4.78, 5) is 25.0. The van der Waals surface area contributed by atoms with Gasteiger partial charge in [-0.2, -0.15) is 0 Å². The molecule has 21 heavy (non-hydrogen) atoms. The maximum atomic E-state index is 12.3. The molecule has 0 aromatic heterocycles. The highest BCUT2D eigenvalue weighted by molar-refractivity contribution is 5.94. The third-order valence-electron chi connectivity index (χ3n) is 3.78. The van der Waals surface area contributed by atoms with Gasteiger partial charge in [-0.05, 0) is 31.4 Å². The Morgan fingerprint density at radius 2 is 1.95 bits per heavy atom. The SMILES string of the molecule is CCC(C)C(NC(=O)N(C)c1ccc(C)cc1C)C(=O)O. The van der Waals surface area contributed by atoms with Gasteiger partial charge in [0.25, 0.3) is 0 Å². The van der Waals surface area contributed by atoms with Crippen LogP contribution >= 0.6 is 0 Å². The Morgan fingerprint density at radius 3 is 2.43 bits per heavy atom. The van der Waals surface area contributed by atoms with Gasteiger partial charge in [-0.25, -0.2) is 9.59 Å². The fourth-order valence-electron chi connectivity index (χ4n) is 2.20. The Hall–Kier alpha value is -2.04. The number of hydrogen-bond donors (Lipinski definition) is 2. The van der Waals surface area contributed by atoms with Crippen molar-refractivity contribution in [1.82, 2.24) is 5.32 Å². The van der Waals surface area contributed by atoms with E-state index >= 15 is 0 Å². The molecule has 0 radical (unpaired) electrons. The van der Waals surface area contributed by atoms with E-state index < -0.39 is 18.0 Å². The molecule has 2 N–H and O–H groups in total. The number of urea groups is 1. The summed E-state index contributed by atoms with van der Waals surface area (Å²) in [6, 6.07) is 4.49. The summed E-state index contributed by atoms with van der Waals surface area (Å²) in [5.74, 6) is -1.13. The Bertz CT molecular complexity index is 528. The predicted octanol–water partition coefficient (Wildman–Crippen LogP) is 2.95. The zero-order valence-corrected chi connectivity index (χ0v) is 13.3. The van der Waals surface area contributed by atoms with Crippen LogP contribution in [-0.2, 0) is 4.79 Å². The molecule has 2 atom stereocenters. The van der Waals surface area contributed by atoms with Gasteiger partial charge in [0, 0.05) is 12.7 Å². The largest absolute Gasteiger partial charge is 0.480 e. The highest BCUT2D eigenvalue weighted by Crippen LogP contribution is 2.20. The first-order chi connectivity index (χ1) is 9.77. The second kappa shape index (κ2) is 7.11. The van der Waals surface area contributed by atoms with E-state index in [1.165, 1.54) is 4.90 Å². The lowest BCUT2D eigenvalue weighted by molar-refractivity contribution is -0.140. The van der Waals surface area contributed by atoms with Crippen LogP contribution in [0.25, 0.3) is 0 Å². The van der Waals surface area contributed by atoms with Crippen LogP contribution in [0.5, 0.6) is 0 Å². The second-order valence-electron chi connectivity index (χ2n) is 5.50. The molecule has 0 bridgehead atoms. The van der Waals surface area contributed by atoms with Crippen LogP contribution < -0.4 is 10.2 Å². The number of carboxylic acid groups (broad SMARTS) is 1. The van der Waals surface area contributed by atoms with Crippen LogP contribution in [0.1, 0.15) is 31.4 Å². The van der Waals surface area contributed by atoms with E-state index in [0.29, 0.717) is 6.42 Å². The number of aryl methyl sites for hydroxylation is 2. The van der Waals surface area contributed by atoms with Crippen molar-refractivity contribution in [2.45, 2.75) is 40.2 Å². The number of carboxylic acids is 1. The highest BCUT2D eigenvalue weighted by Gasteiger charge is 2.27. The molecule has 0 heterocycles. The van der Waals surface area contributed by atoms with Crippen LogP contribution in [0.4, 0.5) is 10.5 Å². The summed E-state index contributed by atoms with van der Waals surface area (Å²) >= 11 is 0. The zero-order valence-electron chi connectivity index (χ0n) is 13.3. The minimum Gasteiger partial charge on any atom is -0.480 e. The number of amides is 2. The van der Waals surface area contributed by atoms with Crippen molar-refractivity contribution in [2.24, 2.45) is 5.92 Å². The van der Waals surface area contributed by atoms with Crippen molar-refractivity contribution in [2.75, 3.05) is 11.9 Å². The molecule has 5 nitrogen and oxygen atoms in total. The summed E-state index contributed by atoms with van der Waals surface area (Å²) < 4.78 is 0. The van der Waals surface area contributed by atoms with E-state index in [9.17, 15) is 14.7 Å². The number of carbonyl (C=O) groups excluding carboxylic acids is 1. The molecule has 1 aromatic carbocycles. The number of nitrogens with zero attached hydrogens (tertiary/aromatic N) is 1. The van der Waals surface area contributed by atoms with E-state index in [1.54, 1.807) is 7.05 Å². The third-order valence-corrected chi connectivity index (χ3v) is 3.78. The maximum Gasteiger partial charge on any atom is 0.326 e. The summed E-state index contributed by atoms with van der Waals surface area (Å²) in [6.07, 6.45) is 0.685. The van der Waals surface area contributed by atoms with Crippen molar-refractivity contribution in [3.05, 3.63) is 29.3 Å². The van der Waals surface area contributed by atoms with Gasteiger partial charge >= 0.3 is 12.0 Å². The van der Waals surface area contributed by atoms with Crippen molar-refractivity contribution < 1.29 is 14.7 Å². The van der Waals surface area contributed by atoms with Crippen LogP contribution in [0.15, 0.2) is 18.2 Å². The molecule has 1 rings (SSSR count). The number of aliphatic carboxylic acids is 1. The second-order valence-corrected chi connectivity index (χ2v) is 5.50. The van der Waals surface area contributed by atoms with Gasteiger partial charge in [-0.3, -0.25) is 4.90 Å². The minimum atomic E-state index is -1.01. The Labute approximate surface area is 126 Å². The average Bonchev–Trinajstić information content (AvgIpc) is 2.42. The number of hydrogen-bond acceptors (Lipinski definition) is 2. The smallest absolute Gasteiger partial charge is 0.326 e. The summed E-state index contributed by atoms with van der Waals surface area (Å²) in [7, 11) is 1.64. The fraction of sp³-hybridized carbons (Fsp3) is 0.500. The van der Waals surface area contributed by atoms with Crippen LogP contribution in [0, 0.1) is 19.8 Å². The molecule has 2 unspecified atom stereocenters. The highest BCUT2D eigenvalue weighted by atomic mass is 16.4. The number of anilines is 1. The quantitative estimate of drug-likeness (QED) is 0.876. The van der Waals surface area contributed by atoms with Crippen molar-refractivity contribution in [3.8, 4) is 0 Å². The van der Waals surface area contributed by atoms with E-state index in [2.05, 4.69) is 5.32 Å². The summed E-state index contributed by atoms with van der Waals surface area (Å²) in [6.45, 7) is 7.63. The van der Waals surface area contributed by atoms with E-state index in [0.717, 1.165) is 16.8 Å². The molecule has 0 aliphatic rings. The molecule has 2 amide bonds. The summed E-state index contributed by atoms with van der Waals surface area (Å²) in [5.41, 5.74) is 2.86. The van der Waals surface area contributed by atoms with Gasteiger partial charge in [0.15, 0.2) is 0 Å². The van der Waals surface area contributed by atoms with E-state index in [1.807, 2.05) is 45.9 Å². The number of nitrogens with one attached hydrogen (secondary N) is 1. The average molecular weight is 292 g/mol. The molecule has 0 fully saturated rings. The third kappa shape index (κ3) is 4.21. The number of carbonyl (C=O) groups is 2. The van der Waals surface area contributed by atoms with Crippen molar-refractivity contribution in [1.29, 1.82) is 0 Å². The maximum absolute atomic E-state index is 12.3. The van der Waals surface area contributed by atoms with Gasteiger partial charge in [-0.1, -0.05) is 38.0 Å². The molecule has 5 heteroatoms. The molecule has 0 aliphatic carbocycles. The van der Waals surface area contributed by atoms with Crippen LogP contribution in [-0.4, -0.2) is 30.2 Å². The fourth-order valence-corrected chi connectivity index (χ4v) is 2.20. The van der Waals surface area contributed by atoms with Gasteiger partial charge in [-0.15, -0.1) is 0 Å². The monoisotopic (exact) mass is 292 g/mol. The van der Waals surface area contributed by atoms with Gasteiger partial charge in [0.2, 0.25) is 0 Å². The predicted molar refractivity (Wildman–Crippen MR) is 83.7 cm³/mol. The lowest BCUT2D eigenvalue weighted by Gasteiger charge is -2.25. The Kier molecular flexibility index (Phi) is 5.76. The lowest BCUT2D eigenvalue weighted by Crippen LogP contribution is -2.49. The molecule has 0 spiro atoms. The van der Waals surface area contributed by atoms with Crippen molar-refractivity contribution in [3.63, 3.8) is 0 Å². The molecule has 116 valence electrons. The number of rotatable bonds is 5. The first-order valence-corrected chi connectivity index (χ1v) is 7.12. The normalized spacial score (nSPS) is 13.4. The van der Waals surface area contributed by atoms with E-state index in [-0.39, 0.29) is 5.92 Å². The van der Waals surface area contributed by atoms with Gasteiger partial charge in [0.05, 0.1) is 0 Å². The molecular weight excluding hydrogens is 268 g/mol. The van der Waals surface area contributed by atoms with Gasteiger partial charge in [0.1, 0.15) is 6.04 Å². The first-order valence-electron chi connectivity index (χ1n) is 7.12. The van der Waals surface area contributed by atoms with E-state index in [4.69, 9.17) is 0 Å².